The second kappa shape index (κ2) is 5.13. The van der Waals surface area contributed by atoms with Crippen molar-refractivity contribution in [1.82, 2.24) is 19.0 Å². The van der Waals surface area contributed by atoms with E-state index in [-0.39, 0.29) is 24.6 Å². The first-order valence-corrected chi connectivity index (χ1v) is 5.94. The Morgan fingerprint density at radius 1 is 1.47 bits per heavy atom. The van der Waals surface area contributed by atoms with E-state index in [0.29, 0.717) is 11.3 Å². The summed E-state index contributed by atoms with van der Waals surface area (Å²) in [6.07, 6.45) is 3.00. The van der Waals surface area contributed by atoms with Crippen molar-refractivity contribution in [1.29, 1.82) is 0 Å². The molecule has 0 saturated heterocycles. The van der Waals surface area contributed by atoms with Crippen molar-refractivity contribution >= 4 is 42.0 Å². The Bertz CT molecular complexity index is 739. The summed E-state index contributed by atoms with van der Waals surface area (Å²) in [5.41, 5.74) is 2.18. The van der Waals surface area contributed by atoms with E-state index < -0.39 is 5.97 Å². The van der Waals surface area contributed by atoms with Gasteiger partial charge < -0.3 is 5.11 Å². The Labute approximate surface area is 124 Å². The molecule has 0 aliphatic carbocycles. The van der Waals surface area contributed by atoms with Gasteiger partial charge in [-0.2, -0.15) is 5.10 Å². The summed E-state index contributed by atoms with van der Waals surface area (Å²) < 4.78 is 5.37. The van der Waals surface area contributed by atoms with Crippen molar-refractivity contribution in [3.05, 3.63) is 35.8 Å². The molecule has 0 aliphatic rings. The van der Waals surface area contributed by atoms with E-state index in [1.807, 2.05) is 19.1 Å². The van der Waals surface area contributed by atoms with Crippen LogP contribution in [0.3, 0.4) is 0 Å². The number of hydrogen-bond donors (Lipinski definition) is 1. The van der Waals surface area contributed by atoms with Gasteiger partial charge in [-0.3, -0.25) is 0 Å². The summed E-state index contributed by atoms with van der Waals surface area (Å²) in [5, 5.41) is 13.4. The van der Waals surface area contributed by atoms with Crippen LogP contribution in [0.1, 0.15) is 16.1 Å². The van der Waals surface area contributed by atoms with Crippen molar-refractivity contribution in [2.75, 3.05) is 0 Å². The zero-order valence-electron chi connectivity index (χ0n) is 9.36. The minimum atomic E-state index is -1.05. The monoisotopic (exact) mass is 268 g/mol. The standard InChI is InChI=1S/C11H8N4O2S.Li.H/c1-6-4-7(9-2-3-13-18-9)14-15-8(11(16)17)5-12-10(6)15;;/h2-5H,1H3,(H,16,17);;. The molecule has 0 amide bonds. The molecular formula is C11H9LiN4O2S. The number of imidazole rings is 1. The topological polar surface area (TPSA) is 80.4 Å². The molecule has 3 aromatic heterocycles. The van der Waals surface area contributed by atoms with Crippen LogP contribution in [0.5, 0.6) is 0 Å². The zero-order chi connectivity index (χ0) is 12.7. The van der Waals surface area contributed by atoms with Crippen LogP contribution < -0.4 is 0 Å². The summed E-state index contributed by atoms with van der Waals surface area (Å²) >= 11 is 1.32. The third-order valence-electron chi connectivity index (χ3n) is 2.56. The van der Waals surface area contributed by atoms with E-state index in [1.165, 1.54) is 22.2 Å². The van der Waals surface area contributed by atoms with Gasteiger partial charge in [0.05, 0.1) is 11.1 Å². The normalized spacial score (nSPS) is 10.4. The van der Waals surface area contributed by atoms with Crippen molar-refractivity contribution in [2.24, 2.45) is 0 Å². The van der Waals surface area contributed by atoms with Gasteiger partial charge in [-0.1, -0.05) is 0 Å². The van der Waals surface area contributed by atoms with Crippen molar-refractivity contribution in [3.63, 3.8) is 0 Å². The molecule has 3 aromatic rings. The van der Waals surface area contributed by atoms with Crippen LogP contribution in [0.2, 0.25) is 0 Å². The summed E-state index contributed by atoms with van der Waals surface area (Å²) in [6, 6.07) is 3.72. The van der Waals surface area contributed by atoms with Crippen LogP contribution in [0.25, 0.3) is 16.2 Å². The molecule has 0 atom stereocenters. The number of hydrogen-bond acceptors (Lipinski definition) is 5. The number of nitrogens with zero attached hydrogens (tertiary/aromatic N) is 4. The van der Waals surface area contributed by atoms with Crippen molar-refractivity contribution < 1.29 is 9.90 Å². The first-order chi connectivity index (χ1) is 8.66. The van der Waals surface area contributed by atoms with E-state index in [9.17, 15) is 4.79 Å². The van der Waals surface area contributed by atoms with Crippen molar-refractivity contribution in [2.45, 2.75) is 6.92 Å². The number of aromatic nitrogens is 4. The first-order valence-electron chi connectivity index (χ1n) is 5.16. The average Bonchev–Trinajstić information content (AvgIpc) is 2.97. The number of carbonyl (C=O) groups is 1. The molecule has 8 heteroatoms. The number of rotatable bonds is 2. The predicted octanol–water partition coefficient (Wildman–Crippen LogP) is 1.21. The summed E-state index contributed by atoms with van der Waals surface area (Å²) in [6.45, 7) is 1.88. The van der Waals surface area contributed by atoms with Gasteiger partial charge in [0.2, 0.25) is 0 Å². The Morgan fingerprint density at radius 2 is 2.26 bits per heavy atom. The maximum atomic E-state index is 11.1. The number of aryl methyl sites for hydroxylation is 1. The fraction of sp³-hybridized carbons (Fsp3) is 0.0909. The third kappa shape index (κ3) is 2.28. The van der Waals surface area contributed by atoms with Crippen LogP contribution in [-0.4, -0.2) is 48.9 Å². The molecule has 6 nitrogen and oxygen atoms in total. The van der Waals surface area contributed by atoms with Crippen LogP contribution in [0.15, 0.2) is 24.5 Å². The molecule has 0 fully saturated rings. The molecule has 0 radical (unpaired) electrons. The van der Waals surface area contributed by atoms with Crippen LogP contribution in [0.4, 0.5) is 0 Å². The predicted molar refractivity (Wildman–Crippen MR) is 72.9 cm³/mol. The van der Waals surface area contributed by atoms with E-state index in [4.69, 9.17) is 5.11 Å². The molecule has 19 heavy (non-hydrogen) atoms. The zero-order valence-corrected chi connectivity index (χ0v) is 10.2. The van der Waals surface area contributed by atoms with Gasteiger partial charge in [0.1, 0.15) is 5.69 Å². The molecule has 3 rings (SSSR count). The molecule has 0 spiro atoms. The SMILES string of the molecule is Cc1cc(-c2ccns2)nn2c(C(=O)O)cnc12.[LiH]. The van der Waals surface area contributed by atoms with Gasteiger partial charge in [0.15, 0.2) is 11.3 Å². The number of carboxylic acids is 1. The summed E-state index contributed by atoms with van der Waals surface area (Å²) in [4.78, 5) is 16.0. The molecule has 0 aliphatic heterocycles. The molecule has 1 N–H and O–H groups in total. The van der Waals surface area contributed by atoms with E-state index in [1.54, 1.807) is 6.20 Å². The Morgan fingerprint density at radius 3 is 2.89 bits per heavy atom. The van der Waals surface area contributed by atoms with Gasteiger partial charge in [-0.25, -0.2) is 18.7 Å². The molecule has 0 unspecified atom stereocenters. The van der Waals surface area contributed by atoms with E-state index in [0.717, 1.165) is 10.4 Å². The van der Waals surface area contributed by atoms with Gasteiger partial charge in [-0.15, -0.1) is 0 Å². The van der Waals surface area contributed by atoms with Crippen LogP contribution in [-0.2, 0) is 0 Å². The quantitative estimate of drug-likeness (QED) is 0.706. The molecule has 3 heterocycles. The summed E-state index contributed by atoms with van der Waals surface area (Å²) in [5.74, 6) is -1.05. The van der Waals surface area contributed by atoms with Crippen molar-refractivity contribution in [3.8, 4) is 10.6 Å². The average molecular weight is 268 g/mol. The second-order valence-corrected chi connectivity index (χ2v) is 4.61. The Kier molecular flexibility index (Phi) is 3.71. The second-order valence-electron chi connectivity index (χ2n) is 3.77. The summed E-state index contributed by atoms with van der Waals surface area (Å²) in [7, 11) is 0. The van der Waals surface area contributed by atoms with E-state index in [2.05, 4.69) is 14.5 Å². The van der Waals surface area contributed by atoms with Gasteiger partial charge >= 0.3 is 24.8 Å². The Balaban J connectivity index is 0.00000133. The fourth-order valence-electron chi connectivity index (χ4n) is 1.74. The van der Waals surface area contributed by atoms with Gasteiger partial charge in [0, 0.05) is 6.20 Å². The number of carboxylic acid groups (broad SMARTS) is 1. The fourth-order valence-corrected chi connectivity index (χ4v) is 2.29. The molecule has 92 valence electrons. The first kappa shape index (κ1) is 13.7. The minimum absolute atomic E-state index is 0. The van der Waals surface area contributed by atoms with Gasteiger partial charge in [-0.05, 0) is 36.2 Å². The number of aromatic carboxylic acids is 1. The van der Waals surface area contributed by atoms with E-state index >= 15 is 0 Å². The molecule has 0 saturated carbocycles. The molecule has 0 aromatic carbocycles. The van der Waals surface area contributed by atoms with Crippen LogP contribution >= 0.6 is 11.5 Å². The van der Waals surface area contributed by atoms with Gasteiger partial charge in [0.25, 0.3) is 0 Å². The maximum absolute atomic E-state index is 11.1. The van der Waals surface area contributed by atoms with Crippen LogP contribution in [0, 0.1) is 6.92 Å². The molecule has 0 bridgehead atoms. The molecular weight excluding hydrogens is 259 g/mol. The number of fused-ring (bicyclic) bond motifs is 1. The Hall–Kier alpha value is -1.68. The third-order valence-corrected chi connectivity index (χ3v) is 3.33.